The van der Waals surface area contributed by atoms with Gasteiger partial charge in [-0.1, -0.05) is 12.1 Å². The third kappa shape index (κ3) is 2.91. The van der Waals surface area contributed by atoms with Crippen molar-refractivity contribution in [3.8, 4) is 0 Å². The Hall–Kier alpha value is -1.91. The summed E-state index contributed by atoms with van der Waals surface area (Å²) in [5.74, 6) is -0.124. The van der Waals surface area contributed by atoms with E-state index < -0.39 is 0 Å². The van der Waals surface area contributed by atoms with Crippen LogP contribution < -0.4 is 0 Å². The molecule has 2 heterocycles. The van der Waals surface area contributed by atoms with E-state index in [1.165, 1.54) is 12.1 Å². The zero-order chi connectivity index (χ0) is 14.8. The van der Waals surface area contributed by atoms with Crippen molar-refractivity contribution in [1.82, 2.24) is 9.80 Å². The van der Waals surface area contributed by atoms with Crippen LogP contribution in [0.3, 0.4) is 0 Å². The first-order chi connectivity index (χ1) is 10.1. The maximum Gasteiger partial charge on any atom is 0.245 e. The number of hydrogen-bond donors (Lipinski definition) is 0. The van der Waals surface area contributed by atoms with Crippen molar-refractivity contribution in [3.05, 3.63) is 35.6 Å². The van der Waals surface area contributed by atoms with Gasteiger partial charge in [0.15, 0.2) is 0 Å². The minimum absolute atomic E-state index is 0.0507. The van der Waals surface area contributed by atoms with Gasteiger partial charge in [0.1, 0.15) is 11.9 Å². The molecule has 0 spiro atoms. The Morgan fingerprint density at radius 2 is 2.10 bits per heavy atom. The summed E-state index contributed by atoms with van der Waals surface area (Å²) >= 11 is 0. The Labute approximate surface area is 123 Å². The molecular formula is C16H19FN2O2. The summed E-state index contributed by atoms with van der Waals surface area (Å²) in [7, 11) is 0. The highest BCUT2D eigenvalue weighted by molar-refractivity contribution is 5.90. The standard InChI is InChI=1S/C16H19FN2O2/c17-13-4-1-3-12(11-13)6-9-18-10-7-15(20)19-8-2-5-14(19)16(18)21/h1,3-4,11,14H,2,5-10H2. The summed E-state index contributed by atoms with van der Waals surface area (Å²) in [5, 5.41) is 0. The predicted molar refractivity (Wildman–Crippen MR) is 76.0 cm³/mol. The van der Waals surface area contributed by atoms with Crippen molar-refractivity contribution in [1.29, 1.82) is 0 Å². The Balaban J connectivity index is 1.67. The third-order valence-electron chi connectivity index (χ3n) is 4.32. The molecule has 1 aromatic rings. The fraction of sp³-hybridized carbons (Fsp3) is 0.500. The first-order valence-electron chi connectivity index (χ1n) is 7.48. The van der Waals surface area contributed by atoms with Crippen LogP contribution in [0, 0.1) is 5.82 Å². The number of carbonyl (C=O) groups is 2. The van der Waals surface area contributed by atoms with Crippen LogP contribution >= 0.6 is 0 Å². The average Bonchev–Trinajstić information content (AvgIpc) is 2.92. The van der Waals surface area contributed by atoms with Gasteiger partial charge in [0.2, 0.25) is 11.8 Å². The SMILES string of the molecule is O=C1C2CCCN2C(=O)CCN1CCc1cccc(F)c1. The van der Waals surface area contributed by atoms with Gasteiger partial charge in [-0.15, -0.1) is 0 Å². The minimum Gasteiger partial charge on any atom is -0.340 e. The molecule has 2 fully saturated rings. The number of rotatable bonds is 3. The molecule has 2 amide bonds. The lowest BCUT2D eigenvalue weighted by molar-refractivity contribution is -0.139. The van der Waals surface area contributed by atoms with Gasteiger partial charge in [0.25, 0.3) is 0 Å². The highest BCUT2D eigenvalue weighted by Crippen LogP contribution is 2.23. The molecule has 3 rings (SSSR count). The monoisotopic (exact) mass is 290 g/mol. The molecule has 0 aromatic heterocycles. The highest BCUT2D eigenvalue weighted by atomic mass is 19.1. The Bertz CT molecular complexity index is 561. The van der Waals surface area contributed by atoms with Crippen molar-refractivity contribution in [2.45, 2.75) is 31.7 Å². The lowest BCUT2D eigenvalue weighted by Crippen LogP contribution is -2.44. The number of benzene rings is 1. The van der Waals surface area contributed by atoms with Crippen molar-refractivity contribution >= 4 is 11.8 Å². The third-order valence-corrected chi connectivity index (χ3v) is 4.32. The highest BCUT2D eigenvalue weighted by Gasteiger charge is 2.38. The molecule has 1 aromatic carbocycles. The summed E-state index contributed by atoms with van der Waals surface area (Å²) in [4.78, 5) is 28.0. The van der Waals surface area contributed by atoms with E-state index in [1.807, 2.05) is 6.07 Å². The molecule has 0 saturated carbocycles. The quantitative estimate of drug-likeness (QED) is 0.848. The van der Waals surface area contributed by atoms with Gasteiger partial charge in [0, 0.05) is 26.1 Å². The Morgan fingerprint density at radius 3 is 2.90 bits per heavy atom. The first kappa shape index (κ1) is 14.0. The normalized spacial score (nSPS) is 22.4. The molecule has 21 heavy (non-hydrogen) atoms. The van der Waals surface area contributed by atoms with E-state index in [9.17, 15) is 14.0 Å². The summed E-state index contributed by atoms with van der Waals surface area (Å²) in [6.07, 6.45) is 2.68. The fourth-order valence-corrected chi connectivity index (χ4v) is 3.20. The van der Waals surface area contributed by atoms with Crippen LogP contribution in [0.2, 0.25) is 0 Å². The van der Waals surface area contributed by atoms with Crippen LogP contribution in [0.15, 0.2) is 24.3 Å². The van der Waals surface area contributed by atoms with Crippen molar-refractivity contribution in [2.75, 3.05) is 19.6 Å². The predicted octanol–water partition coefficient (Wildman–Crippen LogP) is 1.59. The van der Waals surface area contributed by atoms with Gasteiger partial charge in [-0.25, -0.2) is 4.39 Å². The van der Waals surface area contributed by atoms with Gasteiger partial charge >= 0.3 is 0 Å². The second-order valence-corrected chi connectivity index (χ2v) is 5.70. The smallest absolute Gasteiger partial charge is 0.245 e. The summed E-state index contributed by atoms with van der Waals surface area (Å²) in [6.45, 7) is 1.72. The van der Waals surface area contributed by atoms with Crippen LogP contribution in [0.5, 0.6) is 0 Å². The van der Waals surface area contributed by atoms with Gasteiger partial charge in [-0.3, -0.25) is 9.59 Å². The van der Waals surface area contributed by atoms with E-state index in [4.69, 9.17) is 0 Å². The summed E-state index contributed by atoms with van der Waals surface area (Å²) in [5.41, 5.74) is 0.877. The first-order valence-corrected chi connectivity index (χ1v) is 7.48. The van der Waals surface area contributed by atoms with Gasteiger partial charge in [0.05, 0.1) is 0 Å². The van der Waals surface area contributed by atoms with Gasteiger partial charge in [-0.05, 0) is 37.0 Å². The van der Waals surface area contributed by atoms with Crippen LogP contribution in [0.4, 0.5) is 4.39 Å². The van der Waals surface area contributed by atoms with Crippen molar-refractivity contribution in [3.63, 3.8) is 0 Å². The van der Waals surface area contributed by atoms with Crippen LogP contribution in [-0.2, 0) is 16.0 Å². The maximum absolute atomic E-state index is 13.2. The summed E-state index contributed by atoms with van der Waals surface area (Å²) in [6, 6.07) is 6.17. The second kappa shape index (κ2) is 5.84. The molecule has 1 unspecified atom stereocenters. The van der Waals surface area contributed by atoms with E-state index in [1.54, 1.807) is 15.9 Å². The average molecular weight is 290 g/mol. The molecule has 112 valence electrons. The van der Waals surface area contributed by atoms with Gasteiger partial charge < -0.3 is 9.80 Å². The summed E-state index contributed by atoms with van der Waals surface area (Å²) < 4.78 is 13.2. The lowest BCUT2D eigenvalue weighted by Gasteiger charge is -2.25. The van der Waals surface area contributed by atoms with E-state index in [-0.39, 0.29) is 23.7 Å². The van der Waals surface area contributed by atoms with E-state index in [2.05, 4.69) is 0 Å². The molecule has 1 atom stereocenters. The lowest BCUT2D eigenvalue weighted by atomic mass is 10.1. The fourth-order valence-electron chi connectivity index (χ4n) is 3.20. The second-order valence-electron chi connectivity index (χ2n) is 5.70. The Kier molecular flexibility index (Phi) is 3.90. The number of hydrogen-bond acceptors (Lipinski definition) is 2. The molecule has 0 N–H and O–H groups in total. The van der Waals surface area contributed by atoms with Crippen LogP contribution in [-0.4, -0.2) is 47.3 Å². The molecule has 0 aliphatic carbocycles. The molecule has 4 nitrogen and oxygen atoms in total. The topological polar surface area (TPSA) is 40.6 Å². The number of amides is 2. The maximum atomic E-state index is 13.2. The van der Waals surface area contributed by atoms with Gasteiger partial charge in [-0.2, -0.15) is 0 Å². The molecule has 0 radical (unpaired) electrons. The zero-order valence-corrected chi connectivity index (χ0v) is 11.9. The zero-order valence-electron chi connectivity index (χ0n) is 11.9. The minimum atomic E-state index is -0.271. The van der Waals surface area contributed by atoms with Crippen LogP contribution in [0.1, 0.15) is 24.8 Å². The molecule has 2 aliphatic rings. The van der Waals surface area contributed by atoms with Crippen molar-refractivity contribution in [2.24, 2.45) is 0 Å². The number of fused-ring (bicyclic) bond motifs is 1. The molecule has 2 aliphatic heterocycles. The molecule has 2 saturated heterocycles. The molecular weight excluding hydrogens is 271 g/mol. The number of carbonyl (C=O) groups excluding carboxylic acids is 2. The number of nitrogens with zero attached hydrogens (tertiary/aromatic N) is 2. The largest absolute Gasteiger partial charge is 0.340 e. The Morgan fingerprint density at radius 1 is 1.24 bits per heavy atom. The molecule has 0 bridgehead atoms. The van der Waals surface area contributed by atoms with Crippen LogP contribution in [0.25, 0.3) is 0 Å². The number of halogens is 1. The van der Waals surface area contributed by atoms with E-state index in [0.717, 1.165) is 18.4 Å². The van der Waals surface area contributed by atoms with E-state index in [0.29, 0.717) is 32.5 Å². The van der Waals surface area contributed by atoms with Crippen molar-refractivity contribution < 1.29 is 14.0 Å². The molecule has 5 heteroatoms. The van der Waals surface area contributed by atoms with E-state index >= 15 is 0 Å².